The number of nitrogens with one attached hydrogen (secondary N) is 2. The van der Waals surface area contributed by atoms with E-state index in [1.807, 2.05) is 0 Å². The summed E-state index contributed by atoms with van der Waals surface area (Å²) in [6.45, 7) is 4.37. The van der Waals surface area contributed by atoms with Gasteiger partial charge in [-0.3, -0.25) is 19.9 Å². The van der Waals surface area contributed by atoms with Gasteiger partial charge < -0.3 is 24.6 Å². The predicted octanol–water partition coefficient (Wildman–Crippen LogP) is 4.16. The van der Waals surface area contributed by atoms with Crippen LogP contribution in [0.15, 0.2) is 24.9 Å². The Balaban J connectivity index is 1.57. The Labute approximate surface area is 242 Å². The molecule has 4 rings (SSSR count). The molecule has 3 N–H and O–H groups in total. The number of rotatable bonds is 11. The third kappa shape index (κ3) is 6.04. The third-order valence-corrected chi connectivity index (χ3v) is 7.75. The maximum absolute atomic E-state index is 13.5. The molecule has 0 radical (unpaired) electrons. The van der Waals surface area contributed by atoms with Crippen LogP contribution in [-0.4, -0.2) is 73.8 Å². The summed E-state index contributed by atoms with van der Waals surface area (Å²) in [6, 6.07) is 0.807. The minimum Gasteiger partial charge on any atom is -0.495 e. The van der Waals surface area contributed by atoms with Crippen LogP contribution in [0.5, 0.6) is 11.5 Å². The van der Waals surface area contributed by atoms with Gasteiger partial charge in [-0.05, 0) is 19.3 Å². The number of hydrogen-bond acceptors (Lipinski definition) is 9. The highest BCUT2D eigenvalue weighted by Gasteiger charge is 2.37. The number of nitrogens with zero attached hydrogens (tertiary/aromatic N) is 4. The van der Waals surface area contributed by atoms with Gasteiger partial charge in [-0.15, -0.1) is 6.58 Å². The van der Waals surface area contributed by atoms with Crippen molar-refractivity contribution >= 4 is 52.7 Å². The molecular formula is C26H32Cl2N6O6. The normalized spacial score (nSPS) is 20.6. The summed E-state index contributed by atoms with van der Waals surface area (Å²) < 4.78 is 16.2. The predicted molar refractivity (Wildman–Crippen MR) is 152 cm³/mol. The zero-order chi connectivity index (χ0) is 29.0. The highest BCUT2D eigenvalue weighted by molar-refractivity contribution is 6.42. The molecule has 1 fully saturated rings. The third-order valence-electron chi connectivity index (χ3n) is 7.02. The quantitative estimate of drug-likeness (QED) is 0.197. The first-order valence-electron chi connectivity index (χ1n) is 12.6. The molecule has 1 aromatic heterocycles. The van der Waals surface area contributed by atoms with Crippen LogP contribution < -0.4 is 29.9 Å². The number of hydrogen-bond donors (Lipinski definition) is 3. The van der Waals surface area contributed by atoms with Gasteiger partial charge >= 0.3 is 12.0 Å². The minimum absolute atomic E-state index is 0.114. The first-order chi connectivity index (χ1) is 19.2. The highest BCUT2D eigenvalue weighted by Crippen LogP contribution is 2.47. The molecule has 2 amide bonds. The second-order valence-electron chi connectivity index (χ2n) is 9.44. The molecule has 2 aromatic rings. The number of aromatic nitrogens is 2. The van der Waals surface area contributed by atoms with E-state index in [2.05, 4.69) is 27.2 Å². The molecule has 14 heteroatoms. The number of carbonyl (C=O) groups excluding carboxylic acids is 1. The van der Waals surface area contributed by atoms with Crippen LogP contribution in [0.25, 0.3) is 0 Å². The van der Waals surface area contributed by atoms with Gasteiger partial charge in [0.1, 0.15) is 27.4 Å². The molecule has 1 aliphatic heterocycles. The minimum atomic E-state index is -0.819. The zero-order valence-corrected chi connectivity index (χ0v) is 24.0. The Morgan fingerprint density at radius 2 is 1.93 bits per heavy atom. The lowest BCUT2D eigenvalue weighted by Crippen LogP contribution is -2.50. The van der Waals surface area contributed by atoms with E-state index in [1.165, 1.54) is 24.0 Å². The number of halogens is 2. The molecule has 1 aromatic carbocycles. The van der Waals surface area contributed by atoms with Gasteiger partial charge in [0.05, 0.1) is 45.7 Å². The fourth-order valence-corrected chi connectivity index (χ4v) is 5.64. The van der Waals surface area contributed by atoms with Crippen molar-refractivity contribution in [3.05, 3.63) is 40.5 Å². The van der Waals surface area contributed by atoms with Gasteiger partial charge in [0, 0.05) is 37.0 Å². The molecule has 0 spiro atoms. The zero-order valence-electron chi connectivity index (χ0n) is 22.4. The topological polar surface area (TPSA) is 138 Å². The van der Waals surface area contributed by atoms with Gasteiger partial charge in [0.15, 0.2) is 0 Å². The first-order valence-corrected chi connectivity index (χ1v) is 13.4. The molecule has 216 valence electrons. The molecule has 1 aliphatic carbocycles. The summed E-state index contributed by atoms with van der Waals surface area (Å²) in [5, 5.41) is 16.5. The summed E-state index contributed by atoms with van der Waals surface area (Å²) in [4.78, 5) is 37.1. The summed E-state index contributed by atoms with van der Waals surface area (Å²) in [5.74, 6) is 0.0996. The molecule has 3 atom stereocenters. The van der Waals surface area contributed by atoms with E-state index in [-0.39, 0.29) is 41.1 Å². The van der Waals surface area contributed by atoms with E-state index in [9.17, 15) is 14.7 Å². The van der Waals surface area contributed by atoms with Crippen LogP contribution in [0, 0.1) is 5.92 Å². The van der Waals surface area contributed by atoms with Gasteiger partial charge in [0.2, 0.25) is 5.95 Å². The lowest BCUT2D eigenvalue weighted by molar-refractivity contribution is -0.143. The number of aliphatic carboxylic acids is 1. The van der Waals surface area contributed by atoms with Crippen LogP contribution in [0.1, 0.15) is 24.8 Å². The van der Waals surface area contributed by atoms with Crippen LogP contribution in [-0.2, 0) is 16.1 Å². The van der Waals surface area contributed by atoms with Crippen molar-refractivity contribution in [2.24, 2.45) is 5.92 Å². The Kier molecular flexibility index (Phi) is 9.56. The number of methoxy groups -OCH3 is 2. The maximum Gasteiger partial charge on any atom is 0.330 e. The monoisotopic (exact) mass is 594 g/mol. The number of benzene rings is 1. The van der Waals surface area contributed by atoms with E-state index in [1.54, 1.807) is 25.4 Å². The highest BCUT2D eigenvalue weighted by atomic mass is 35.5. The van der Waals surface area contributed by atoms with Gasteiger partial charge in [-0.1, -0.05) is 29.3 Å². The summed E-state index contributed by atoms with van der Waals surface area (Å²) >= 11 is 13.1. The van der Waals surface area contributed by atoms with E-state index >= 15 is 0 Å². The number of anilines is 3. The van der Waals surface area contributed by atoms with Crippen molar-refractivity contribution in [3.8, 4) is 11.5 Å². The molecule has 0 unspecified atom stereocenters. The summed E-state index contributed by atoms with van der Waals surface area (Å²) in [6.07, 6.45) is 4.81. The summed E-state index contributed by atoms with van der Waals surface area (Å²) in [5.41, 5.74) is 0.927. The molecule has 40 heavy (non-hydrogen) atoms. The van der Waals surface area contributed by atoms with Crippen LogP contribution >= 0.6 is 23.2 Å². The SMILES string of the molecule is C=CCOCN[C@H]1C[C@H](C(=O)O)CC[C@H]1Nc1ncc2c(n1)N(C)C(=O)N(c1c(Cl)c(OC)cc(OC)c1Cl)C2. The Hall–Kier alpha value is -3.32. The molecular weight excluding hydrogens is 563 g/mol. The van der Waals surface area contributed by atoms with Crippen LogP contribution in [0.3, 0.4) is 0 Å². The second kappa shape index (κ2) is 12.9. The van der Waals surface area contributed by atoms with Gasteiger partial charge in [-0.2, -0.15) is 4.98 Å². The summed E-state index contributed by atoms with van der Waals surface area (Å²) in [7, 11) is 4.52. The van der Waals surface area contributed by atoms with Crippen LogP contribution in [0.4, 0.5) is 22.2 Å². The Morgan fingerprint density at radius 1 is 1.23 bits per heavy atom. The fraction of sp³-hybridized carbons (Fsp3) is 0.462. The molecule has 12 nitrogen and oxygen atoms in total. The molecule has 0 saturated heterocycles. The second-order valence-corrected chi connectivity index (χ2v) is 10.2. The number of carboxylic acid groups (broad SMARTS) is 1. The lowest BCUT2D eigenvalue weighted by Gasteiger charge is -2.37. The molecule has 1 saturated carbocycles. The molecule has 2 aliphatic rings. The first kappa shape index (κ1) is 29.7. The van der Waals surface area contributed by atoms with Crippen molar-refractivity contribution in [1.82, 2.24) is 15.3 Å². The van der Waals surface area contributed by atoms with Crippen molar-refractivity contribution in [3.63, 3.8) is 0 Å². The average molecular weight is 595 g/mol. The number of ether oxygens (including phenoxy) is 3. The van der Waals surface area contributed by atoms with E-state index in [0.717, 1.165) is 0 Å². The maximum atomic E-state index is 13.5. The number of amides is 2. The molecule has 2 heterocycles. The van der Waals surface area contributed by atoms with Gasteiger partial charge in [-0.25, -0.2) is 9.78 Å². The smallest absolute Gasteiger partial charge is 0.330 e. The number of carboxylic acids is 1. The fourth-order valence-electron chi connectivity index (χ4n) is 4.93. The number of carbonyl (C=O) groups is 2. The largest absolute Gasteiger partial charge is 0.495 e. The van der Waals surface area contributed by atoms with Crippen molar-refractivity contribution < 1.29 is 28.9 Å². The standard InChI is InChI=1S/C26H32Cl2N6O6/c1-5-8-40-13-30-17-9-14(24(35)36)6-7-16(17)31-25-29-11-15-12-34(26(37)33(2)23(15)32-25)22-20(27)18(38-3)10-19(39-4)21(22)28/h5,10-11,14,16-17,30H,1,6-9,12-13H2,2-4H3,(H,35,36)(H,29,31,32)/t14-,16-,17+/m1/s1. The Morgan fingerprint density at radius 3 is 2.55 bits per heavy atom. The van der Waals surface area contributed by atoms with E-state index < -0.39 is 17.9 Å². The van der Waals surface area contributed by atoms with Crippen molar-refractivity contribution in [2.75, 3.05) is 49.7 Å². The van der Waals surface area contributed by atoms with E-state index in [4.69, 9.17) is 37.4 Å². The van der Waals surface area contributed by atoms with Gasteiger partial charge in [0.25, 0.3) is 0 Å². The average Bonchev–Trinajstić information content (AvgIpc) is 2.94. The van der Waals surface area contributed by atoms with Crippen molar-refractivity contribution in [2.45, 2.75) is 37.9 Å². The lowest BCUT2D eigenvalue weighted by atomic mass is 9.82. The number of fused-ring (bicyclic) bond motifs is 1. The Bertz CT molecular complexity index is 1250. The van der Waals surface area contributed by atoms with Crippen molar-refractivity contribution in [1.29, 1.82) is 0 Å². The number of urea groups is 1. The molecule has 0 bridgehead atoms. The van der Waals surface area contributed by atoms with E-state index in [0.29, 0.717) is 54.7 Å². The van der Waals surface area contributed by atoms with Crippen LogP contribution in [0.2, 0.25) is 10.0 Å².